The molecule has 1 aliphatic rings. The fourth-order valence-electron chi connectivity index (χ4n) is 2.27. The highest BCUT2D eigenvalue weighted by Gasteiger charge is 2.46. The molecule has 1 N–H and O–H groups in total. The summed E-state index contributed by atoms with van der Waals surface area (Å²) >= 11 is 0. The van der Waals surface area contributed by atoms with Crippen molar-refractivity contribution in [3.8, 4) is 11.5 Å². The van der Waals surface area contributed by atoms with Gasteiger partial charge in [0.2, 0.25) is 0 Å². The van der Waals surface area contributed by atoms with E-state index in [1.54, 1.807) is 14.2 Å². The van der Waals surface area contributed by atoms with Crippen LogP contribution in [-0.2, 0) is 5.60 Å². The maximum absolute atomic E-state index is 10.3. The van der Waals surface area contributed by atoms with Gasteiger partial charge in [0.25, 0.3) is 0 Å². The lowest BCUT2D eigenvalue weighted by molar-refractivity contribution is 0.146. The van der Waals surface area contributed by atoms with Gasteiger partial charge in [-0.05, 0) is 38.3 Å². The second kappa shape index (κ2) is 3.67. The number of rotatable bonds is 3. The van der Waals surface area contributed by atoms with Crippen LogP contribution in [0.2, 0.25) is 0 Å². The molecule has 0 bridgehead atoms. The smallest absolute Gasteiger partial charge is 0.131 e. The Hall–Kier alpha value is -1.22. The van der Waals surface area contributed by atoms with Crippen molar-refractivity contribution in [3.05, 3.63) is 22.8 Å². The van der Waals surface area contributed by atoms with Crippen molar-refractivity contribution in [3.63, 3.8) is 0 Å². The minimum Gasteiger partial charge on any atom is -0.496 e. The van der Waals surface area contributed by atoms with Gasteiger partial charge in [0.15, 0.2) is 0 Å². The van der Waals surface area contributed by atoms with Crippen LogP contribution in [0.4, 0.5) is 0 Å². The van der Waals surface area contributed by atoms with Gasteiger partial charge in [0.1, 0.15) is 11.5 Å². The third-order valence-corrected chi connectivity index (χ3v) is 3.29. The normalized spacial score (nSPS) is 17.1. The van der Waals surface area contributed by atoms with Crippen LogP contribution in [-0.4, -0.2) is 19.3 Å². The van der Waals surface area contributed by atoms with Crippen LogP contribution in [0, 0.1) is 13.8 Å². The molecule has 0 unspecified atom stereocenters. The zero-order valence-electron chi connectivity index (χ0n) is 10.3. The highest BCUT2D eigenvalue weighted by Crippen LogP contribution is 2.52. The van der Waals surface area contributed by atoms with E-state index < -0.39 is 5.60 Å². The Labute approximate surface area is 96.0 Å². The first-order valence-electron chi connectivity index (χ1n) is 5.48. The van der Waals surface area contributed by atoms with Gasteiger partial charge < -0.3 is 14.6 Å². The van der Waals surface area contributed by atoms with Crippen LogP contribution >= 0.6 is 0 Å². The third kappa shape index (κ3) is 1.55. The maximum atomic E-state index is 10.3. The summed E-state index contributed by atoms with van der Waals surface area (Å²) in [5.41, 5.74) is 2.23. The summed E-state index contributed by atoms with van der Waals surface area (Å²) in [6, 6.07) is 1.96. The minimum atomic E-state index is -0.674. The molecule has 88 valence electrons. The number of benzene rings is 1. The van der Waals surface area contributed by atoms with E-state index in [-0.39, 0.29) is 0 Å². The Bertz CT molecular complexity index is 420. The Morgan fingerprint density at radius 3 is 2.25 bits per heavy atom. The molecule has 0 saturated heterocycles. The molecule has 0 heterocycles. The fraction of sp³-hybridized carbons (Fsp3) is 0.538. The van der Waals surface area contributed by atoms with Crippen molar-refractivity contribution in [1.82, 2.24) is 0 Å². The van der Waals surface area contributed by atoms with Gasteiger partial charge in [0.05, 0.1) is 19.8 Å². The Morgan fingerprint density at radius 2 is 1.81 bits per heavy atom. The zero-order chi connectivity index (χ0) is 11.9. The molecule has 1 aromatic carbocycles. The van der Waals surface area contributed by atoms with Crippen molar-refractivity contribution >= 4 is 0 Å². The molecule has 0 radical (unpaired) electrons. The first kappa shape index (κ1) is 11.3. The number of hydrogen-bond donors (Lipinski definition) is 1. The SMILES string of the molecule is COc1cc(C)c(C2(O)CC2)c(OC)c1C. The topological polar surface area (TPSA) is 38.7 Å². The first-order valence-corrected chi connectivity index (χ1v) is 5.48. The van der Waals surface area contributed by atoms with Crippen molar-refractivity contribution in [1.29, 1.82) is 0 Å². The van der Waals surface area contributed by atoms with E-state index in [0.717, 1.165) is 41.0 Å². The molecule has 1 aliphatic carbocycles. The highest BCUT2D eigenvalue weighted by molar-refractivity contribution is 5.56. The quantitative estimate of drug-likeness (QED) is 0.852. The van der Waals surface area contributed by atoms with E-state index in [1.165, 1.54) is 0 Å². The van der Waals surface area contributed by atoms with E-state index in [4.69, 9.17) is 9.47 Å². The molecule has 1 saturated carbocycles. The van der Waals surface area contributed by atoms with Crippen molar-refractivity contribution in [2.75, 3.05) is 14.2 Å². The lowest BCUT2D eigenvalue weighted by atomic mass is 9.96. The predicted molar refractivity (Wildman–Crippen MR) is 62.2 cm³/mol. The van der Waals surface area contributed by atoms with Gasteiger partial charge in [-0.2, -0.15) is 0 Å². The van der Waals surface area contributed by atoms with Crippen molar-refractivity contribution in [2.45, 2.75) is 32.3 Å². The second-order valence-corrected chi connectivity index (χ2v) is 4.46. The molecule has 2 rings (SSSR count). The number of methoxy groups -OCH3 is 2. The van der Waals surface area contributed by atoms with Crippen LogP contribution in [0.3, 0.4) is 0 Å². The maximum Gasteiger partial charge on any atom is 0.131 e. The lowest BCUT2D eigenvalue weighted by Gasteiger charge is -2.20. The molecule has 3 heteroatoms. The first-order chi connectivity index (χ1) is 7.53. The number of aliphatic hydroxyl groups is 1. The second-order valence-electron chi connectivity index (χ2n) is 4.46. The van der Waals surface area contributed by atoms with Crippen LogP contribution in [0.1, 0.15) is 29.5 Å². The number of ether oxygens (including phenoxy) is 2. The van der Waals surface area contributed by atoms with Gasteiger partial charge in [-0.1, -0.05) is 0 Å². The molecule has 0 aromatic heterocycles. The van der Waals surface area contributed by atoms with Crippen molar-refractivity contribution < 1.29 is 14.6 Å². The van der Waals surface area contributed by atoms with E-state index in [0.29, 0.717) is 0 Å². The molecule has 1 fully saturated rings. The predicted octanol–water partition coefficient (Wildman–Crippen LogP) is 2.30. The van der Waals surface area contributed by atoms with E-state index in [1.807, 2.05) is 19.9 Å². The summed E-state index contributed by atoms with van der Waals surface area (Å²) in [4.78, 5) is 0. The van der Waals surface area contributed by atoms with Gasteiger partial charge >= 0.3 is 0 Å². The molecule has 3 nitrogen and oxygen atoms in total. The van der Waals surface area contributed by atoms with Crippen LogP contribution < -0.4 is 9.47 Å². The fourth-order valence-corrected chi connectivity index (χ4v) is 2.27. The summed E-state index contributed by atoms with van der Waals surface area (Å²) in [7, 11) is 3.28. The highest BCUT2D eigenvalue weighted by atomic mass is 16.5. The summed E-state index contributed by atoms with van der Waals surface area (Å²) in [6.07, 6.45) is 1.63. The van der Waals surface area contributed by atoms with Crippen molar-refractivity contribution in [2.24, 2.45) is 0 Å². The molecule has 0 spiro atoms. The molecule has 0 amide bonds. The average molecular weight is 222 g/mol. The average Bonchev–Trinajstić information content (AvgIpc) is 2.99. The Morgan fingerprint density at radius 1 is 1.19 bits per heavy atom. The summed E-state index contributed by atoms with van der Waals surface area (Å²) in [5.74, 6) is 1.57. The Balaban J connectivity index is 2.64. The monoisotopic (exact) mass is 222 g/mol. The molecular formula is C13H18O3. The third-order valence-electron chi connectivity index (χ3n) is 3.29. The van der Waals surface area contributed by atoms with E-state index >= 15 is 0 Å². The molecule has 16 heavy (non-hydrogen) atoms. The van der Waals surface area contributed by atoms with Gasteiger partial charge in [-0.15, -0.1) is 0 Å². The lowest BCUT2D eigenvalue weighted by Crippen LogP contribution is -2.11. The molecule has 0 atom stereocenters. The van der Waals surface area contributed by atoms with E-state index in [2.05, 4.69) is 0 Å². The summed E-state index contributed by atoms with van der Waals surface area (Å²) < 4.78 is 10.7. The molecule has 0 aliphatic heterocycles. The van der Waals surface area contributed by atoms with Gasteiger partial charge in [0, 0.05) is 11.1 Å². The number of aryl methyl sites for hydroxylation is 1. The molecular weight excluding hydrogens is 204 g/mol. The largest absolute Gasteiger partial charge is 0.496 e. The van der Waals surface area contributed by atoms with Crippen LogP contribution in [0.25, 0.3) is 0 Å². The van der Waals surface area contributed by atoms with E-state index in [9.17, 15) is 5.11 Å². The van der Waals surface area contributed by atoms with Gasteiger partial charge in [-0.3, -0.25) is 0 Å². The number of hydrogen-bond acceptors (Lipinski definition) is 3. The standard InChI is InChI=1S/C13H18O3/c1-8-7-10(15-3)9(2)12(16-4)11(8)13(14)5-6-13/h7,14H,5-6H2,1-4H3. The van der Waals surface area contributed by atoms with Crippen LogP contribution in [0.15, 0.2) is 6.07 Å². The van der Waals surface area contributed by atoms with Gasteiger partial charge in [-0.25, -0.2) is 0 Å². The summed E-state index contributed by atoms with van der Waals surface area (Å²) in [5, 5.41) is 10.3. The Kier molecular flexibility index (Phi) is 2.58. The minimum absolute atomic E-state index is 0.674. The zero-order valence-corrected chi connectivity index (χ0v) is 10.3. The van der Waals surface area contributed by atoms with Crippen LogP contribution in [0.5, 0.6) is 11.5 Å². The molecule has 1 aromatic rings. The summed E-state index contributed by atoms with van der Waals surface area (Å²) in [6.45, 7) is 3.93.